The van der Waals surface area contributed by atoms with Crippen molar-refractivity contribution >= 4 is 21.2 Å². The second-order valence-corrected chi connectivity index (χ2v) is 8.62. The Morgan fingerprint density at radius 2 is 1.96 bits per heavy atom. The van der Waals surface area contributed by atoms with Crippen LogP contribution in [0.15, 0.2) is 53.4 Å². The van der Waals surface area contributed by atoms with Gasteiger partial charge in [0.1, 0.15) is 5.69 Å². The summed E-state index contributed by atoms with van der Waals surface area (Å²) in [5.41, 5.74) is 0.966. The van der Waals surface area contributed by atoms with Crippen LogP contribution >= 0.6 is 0 Å². The van der Waals surface area contributed by atoms with Gasteiger partial charge in [0.25, 0.3) is 5.69 Å². The van der Waals surface area contributed by atoms with Crippen LogP contribution < -0.4 is 4.90 Å². The van der Waals surface area contributed by atoms with Crippen molar-refractivity contribution in [2.75, 3.05) is 17.7 Å². The predicted octanol–water partition coefficient (Wildman–Crippen LogP) is 3.27. The third-order valence-electron chi connectivity index (χ3n) is 4.86. The van der Waals surface area contributed by atoms with Crippen molar-refractivity contribution in [3.8, 4) is 6.07 Å². The molecule has 27 heavy (non-hydrogen) atoms. The molecule has 2 aromatic rings. The van der Waals surface area contributed by atoms with Crippen molar-refractivity contribution in [2.45, 2.75) is 29.7 Å². The Morgan fingerprint density at radius 1 is 1.26 bits per heavy atom. The highest BCUT2D eigenvalue weighted by atomic mass is 32.2. The molecule has 0 aromatic heterocycles. The van der Waals surface area contributed by atoms with E-state index >= 15 is 0 Å². The first-order valence-electron chi connectivity index (χ1n) is 8.52. The lowest BCUT2D eigenvalue weighted by Crippen LogP contribution is -2.34. The zero-order valence-electron chi connectivity index (χ0n) is 14.8. The van der Waals surface area contributed by atoms with Gasteiger partial charge in [-0.15, -0.1) is 0 Å². The van der Waals surface area contributed by atoms with Crippen LogP contribution in [-0.2, 0) is 9.84 Å². The van der Waals surface area contributed by atoms with Crippen LogP contribution in [0.25, 0.3) is 0 Å². The van der Waals surface area contributed by atoms with Crippen LogP contribution in [0, 0.1) is 21.4 Å². The number of nitro groups is 1. The molecule has 1 heterocycles. The molecule has 2 unspecified atom stereocenters. The van der Waals surface area contributed by atoms with E-state index in [9.17, 15) is 23.8 Å². The van der Waals surface area contributed by atoms with Gasteiger partial charge in [0, 0.05) is 24.9 Å². The maximum atomic E-state index is 11.8. The van der Waals surface area contributed by atoms with E-state index in [0.717, 1.165) is 30.7 Å². The Kier molecular flexibility index (Phi) is 5.15. The molecule has 0 N–H and O–H groups in total. The fourth-order valence-electron chi connectivity index (χ4n) is 3.60. The van der Waals surface area contributed by atoms with Crippen LogP contribution in [0.1, 0.15) is 24.3 Å². The van der Waals surface area contributed by atoms with Gasteiger partial charge < -0.3 is 4.90 Å². The number of benzene rings is 2. The van der Waals surface area contributed by atoms with Crippen LogP contribution in [-0.4, -0.2) is 32.2 Å². The van der Waals surface area contributed by atoms with Crippen molar-refractivity contribution in [3.05, 3.63) is 64.2 Å². The van der Waals surface area contributed by atoms with Gasteiger partial charge in [0.2, 0.25) is 0 Å². The zero-order valence-corrected chi connectivity index (χ0v) is 15.6. The third kappa shape index (κ3) is 3.78. The van der Waals surface area contributed by atoms with Gasteiger partial charge in [0.05, 0.1) is 21.8 Å². The Bertz CT molecular complexity index is 999. The van der Waals surface area contributed by atoms with Gasteiger partial charge in [0.15, 0.2) is 9.84 Å². The number of anilines is 1. The standard InChI is InChI=1S/C19H19N3O4S/c1-27(25,26)15-9-10-18(19(12-15)22(23)24)21-11-5-8-17(21)16(13-20)14-6-3-2-4-7-14/h2-4,6-7,9-10,12,16-17H,5,8,11H2,1H3. The van der Waals surface area contributed by atoms with Crippen LogP contribution in [0.4, 0.5) is 11.4 Å². The van der Waals surface area contributed by atoms with E-state index in [4.69, 9.17) is 0 Å². The molecule has 7 nitrogen and oxygen atoms in total. The van der Waals surface area contributed by atoms with Gasteiger partial charge in [-0.3, -0.25) is 10.1 Å². The van der Waals surface area contributed by atoms with E-state index in [2.05, 4.69) is 6.07 Å². The quantitative estimate of drug-likeness (QED) is 0.578. The van der Waals surface area contributed by atoms with E-state index in [-0.39, 0.29) is 16.6 Å². The molecule has 0 aliphatic carbocycles. The number of nitriles is 1. The summed E-state index contributed by atoms with van der Waals surface area (Å²) in [6.45, 7) is 0.578. The fourth-order valence-corrected chi connectivity index (χ4v) is 4.25. The largest absolute Gasteiger partial charge is 0.361 e. The minimum Gasteiger partial charge on any atom is -0.361 e. The van der Waals surface area contributed by atoms with Crippen molar-refractivity contribution in [2.24, 2.45) is 0 Å². The van der Waals surface area contributed by atoms with E-state index < -0.39 is 20.7 Å². The Hall–Kier alpha value is -2.92. The van der Waals surface area contributed by atoms with Crippen molar-refractivity contribution in [1.29, 1.82) is 5.26 Å². The highest BCUT2D eigenvalue weighted by Gasteiger charge is 2.36. The highest BCUT2D eigenvalue weighted by Crippen LogP contribution is 2.39. The topological polar surface area (TPSA) is 104 Å². The fraction of sp³-hybridized carbons (Fsp3) is 0.316. The SMILES string of the molecule is CS(=O)(=O)c1ccc(N2CCCC2C(C#N)c2ccccc2)c([N+](=O)[O-])c1. The van der Waals surface area contributed by atoms with E-state index in [1.54, 1.807) is 0 Å². The average molecular weight is 385 g/mol. The van der Waals surface area contributed by atoms with Crippen LogP contribution in [0.5, 0.6) is 0 Å². The van der Waals surface area contributed by atoms with Gasteiger partial charge in [-0.05, 0) is 30.5 Å². The molecule has 1 aliphatic heterocycles. The second-order valence-electron chi connectivity index (χ2n) is 6.60. The number of hydrogen-bond acceptors (Lipinski definition) is 6. The molecule has 0 amide bonds. The average Bonchev–Trinajstić information content (AvgIpc) is 3.11. The first kappa shape index (κ1) is 18.9. The summed E-state index contributed by atoms with van der Waals surface area (Å²) >= 11 is 0. The number of rotatable bonds is 5. The molecule has 0 bridgehead atoms. The third-order valence-corrected chi connectivity index (χ3v) is 5.97. The lowest BCUT2D eigenvalue weighted by atomic mass is 9.91. The van der Waals surface area contributed by atoms with Gasteiger partial charge in [-0.2, -0.15) is 5.26 Å². The van der Waals surface area contributed by atoms with E-state index in [1.165, 1.54) is 12.1 Å². The zero-order chi connectivity index (χ0) is 19.6. The summed E-state index contributed by atoms with van der Waals surface area (Å²) in [6, 6.07) is 15.5. The summed E-state index contributed by atoms with van der Waals surface area (Å²) in [7, 11) is -3.55. The van der Waals surface area contributed by atoms with Gasteiger partial charge in [-0.1, -0.05) is 30.3 Å². The molecular formula is C19H19N3O4S. The van der Waals surface area contributed by atoms with Crippen molar-refractivity contribution < 1.29 is 13.3 Å². The molecule has 0 radical (unpaired) electrons. The number of hydrogen-bond donors (Lipinski definition) is 0. The smallest absolute Gasteiger partial charge is 0.293 e. The lowest BCUT2D eigenvalue weighted by molar-refractivity contribution is -0.384. The molecule has 0 spiro atoms. The first-order chi connectivity index (χ1) is 12.8. The first-order valence-corrected chi connectivity index (χ1v) is 10.4. The molecular weight excluding hydrogens is 366 g/mol. The van der Waals surface area contributed by atoms with Gasteiger partial charge >= 0.3 is 0 Å². The minimum atomic E-state index is -3.55. The minimum absolute atomic E-state index is 0.0893. The van der Waals surface area contributed by atoms with Gasteiger partial charge in [-0.25, -0.2) is 8.42 Å². The Morgan fingerprint density at radius 3 is 2.56 bits per heavy atom. The van der Waals surface area contributed by atoms with Crippen molar-refractivity contribution in [3.63, 3.8) is 0 Å². The summed E-state index contributed by atoms with van der Waals surface area (Å²) < 4.78 is 23.5. The number of nitrogens with zero attached hydrogens (tertiary/aromatic N) is 3. The summed E-state index contributed by atoms with van der Waals surface area (Å²) in [5, 5.41) is 21.3. The molecule has 1 saturated heterocycles. The maximum Gasteiger partial charge on any atom is 0.293 e. The molecule has 0 saturated carbocycles. The summed E-state index contributed by atoms with van der Waals surface area (Å²) in [5.74, 6) is -0.428. The molecule has 8 heteroatoms. The maximum absolute atomic E-state index is 11.8. The molecule has 140 valence electrons. The molecule has 2 atom stereocenters. The van der Waals surface area contributed by atoms with Crippen LogP contribution in [0.2, 0.25) is 0 Å². The second kappa shape index (κ2) is 7.37. The molecule has 1 aliphatic rings. The molecule has 1 fully saturated rings. The predicted molar refractivity (Wildman–Crippen MR) is 101 cm³/mol. The van der Waals surface area contributed by atoms with Crippen LogP contribution in [0.3, 0.4) is 0 Å². The lowest BCUT2D eigenvalue weighted by Gasteiger charge is -2.30. The highest BCUT2D eigenvalue weighted by molar-refractivity contribution is 7.90. The number of nitro benzene ring substituents is 1. The van der Waals surface area contributed by atoms with Crippen molar-refractivity contribution in [1.82, 2.24) is 0 Å². The molecule has 3 rings (SSSR count). The normalized spacial score (nSPS) is 18.1. The summed E-state index contributed by atoms with van der Waals surface area (Å²) in [4.78, 5) is 12.8. The summed E-state index contributed by atoms with van der Waals surface area (Å²) in [6.07, 6.45) is 2.56. The monoisotopic (exact) mass is 385 g/mol. The Labute approximate surface area is 157 Å². The van der Waals surface area contributed by atoms with E-state index in [1.807, 2.05) is 35.2 Å². The number of sulfone groups is 1. The molecule has 2 aromatic carbocycles. The van der Waals surface area contributed by atoms with E-state index in [0.29, 0.717) is 12.2 Å². The Balaban J connectivity index is 2.05.